The van der Waals surface area contributed by atoms with Crippen molar-refractivity contribution in [1.29, 1.82) is 0 Å². The van der Waals surface area contributed by atoms with Gasteiger partial charge in [-0.2, -0.15) is 0 Å². The molecule has 0 spiro atoms. The molecule has 1 aliphatic heterocycles. The van der Waals surface area contributed by atoms with Crippen LogP contribution in [0.25, 0.3) is 0 Å². The van der Waals surface area contributed by atoms with E-state index >= 15 is 0 Å². The van der Waals surface area contributed by atoms with Gasteiger partial charge in [-0.3, -0.25) is 4.79 Å². The first-order chi connectivity index (χ1) is 14.7. The fourth-order valence-corrected chi connectivity index (χ4v) is 3.71. The molecule has 1 saturated heterocycles. The van der Waals surface area contributed by atoms with Crippen LogP contribution in [0.5, 0.6) is 0 Å². The normalized spacial score (nSPS) is 14.5. The number of benzene rings is 2. The number of hydrogen-bond acceptors (Lipinski definition) is 3. The Morgan fingerprint density at radius 2 is 1.87 bits per heavy atom. The second kappa shape index (κ2) is 9.31. The number of amides is 3. The topological polar surface area (TPSA) is 74.6 Å². The summed E-state index contributed by atoms with van der Waals surface area (Å²) in [4.78, 5) is 26.3. The summed E-state index contributed by atoms with van der Waals surface area (Å²) in [5.41, 5.74) is 3.01. The van der Waals surface area contributed by atoms with Crippen LogP contribution in [0.1, 0.15) is 41.3 Å². The molecule has 2 aromatic carbocycles. The van der Waals surface area contributed by atoms with E-state index in [9.17, 15) is 9.59 Å². The maximum atomic E-state index is 12.6. The Morgan fingerprint density at radius 3 is 2.60 bits per heavy atom. The van der Waals surface area contributed by atoms with Crippen molar-refractivity contribution in [2.24, 2.45) is 0 Å². The predicted molar refractivity (Wildman–Crippen MR) is 113 cm³/mol. The van der Waals surface area contributed by atoms with Crippen LogP contribution in [0.3, 0.4) is 0 Å². The summed E-state index contributed by atoms with van der Waals surface area (Å²) in [5.74, 6) is 0.886. The van der Waals surface area contributed by atoms with Crippen LogP contribution >= 0.6 is 0 Å². The standard InChI is InChI=1S/C24H25N3O3/c28-22-12-5-13-27(22)17-19-8-4-7-18(15-19)16-25-24(29)26-23(21-11-6-14-30-21)20-9-2-1-3-10-20/h1-4,6-11,14-15,23H,5,12-13,16-17H2,(H2,25,26,29). The highest BCUT2D eigenvalue weighted by atomic mass is 16.3. The van der Waals surface area contributed by atoms with Gasteiger partial charge in [0.25, 0.3) is 0 Å². The lowest BCUT2D eigenvalue weighted by Crippen LogP contribution is -2.38. The fourth-order valence-electron chi connectivity index (χ4n) is 3.71. The molecule has 6 nitrogen and oxygen atoms in total. The summed E-state index contributed by atoms with van der Waals surface area (Å²) in [6.07, 6.45) is 3.17. The molecule has 3 amide bonds. The molecule has 2 N–H and O–H groups in total. The number of hydrogen-bond donors (Lipinski definition) is 2. The molecular formula is C24H25N3O3. The van der Waals surface area contributed by atoms with Crippen LogP contribution in [0, 0.1) is 0 Å². The zero-order valence-electron chi connectivity index (χ0n) is 16.7. The van der Waals surface area contributed by atoms with Crippen molar-refractivity contribution in [3.63, 3.8) is 0 Å². The second-order valence-corrected chi connectivity index (χ2v) is 7.42. The molecule has 6 heteroatoms. The number of rotatable bonds is 7. The third kappa shape index (κ3) is 4.89. The minimum Gasteiger partial charge on any atom is -0.467 e. The summed E-state index contributed by atoms with van der Waals surface area (Å²) < 4.78 is 5.53. The van der Waals surface area contributed by atoms with Crippen LogP contribution in [-0.4, -0.2) is 23.4 Å². The van der Waals surface area contributed by atoms with Crippen molar-refractivity contribution in [2.75, 3.05) is 6.54 Å². The van der Waals surface area contributed by atoms with E-state index in [1.165, 1.54) is 0 Å². The highest BCUT2D eigenvalue weighted by Gasteiger charge is 2.20. The average molecular weight is 403 g/mol. The lowest BCUT2D eigenvalue weighted by atomic mass is 10.0. The van der Waals surface area contributed by atoms with Crippen molar-refractivity contribution in [1.82, 2.24) is 15.5 Å². The van der Waals surface area contributed by atoms with Crippen LogP contribution in [0.2, 0.25) is 0 Å². The van der Waals surface area contributed by atoms with Crippen molar-refractivity contribution in [3.8, 4) is 0 Å². The molecule has 0 radical (unpaired) electrons. The zero-order chi connectivity index (χ0) is 20.8. The SMILES string of the molecule is O=C(NCc1cccc(CN2CCCC2=O)c1)NC(c1ccccc1)c1ccco1. The Morgan fingerprint density at radius 1 is 1.03 bits per heavy atom. The van der Waals surface area contributed by atoms with Gasteiger partial charge >= 0.3 is 6.03 Å². The highest BCUT2D eigenvalue weighted by molar-refractivity contribution is 5.78. The summed E-state index contributed by atoms with van der Waals surface area (Å²) in [6, 6.07) is 20.7. The molecule has 1 atom stereocenters. The van der Waals surface area contributed by atoms with Gasteiger partial charge in [0.05, 0.1) is 6.26 Å². The van der Waals surface area contributed by atoms with Crippen LogP contribution in [0.4, 0.5) is 4.79 Å². The van der Waals surface area contributed by atoms with Crippen molar-refractivity contribution in [2.45, 2.75) is 32.0 Å². The van der Waals surface area contributed by atoms with Crippen molar-refractivity contribution >= 4 is 11.9 Å². The van der Waals surface area contributed by atoms with Crippen LogP contribution in [-0.2, 0) is 17.9 Å². The Bertz CT molecular complexity index is 986. The van der Waals surface area contributed by atoms with Gasteiger partial charge in [0.2, 0.25) is 5.91 Å². The van der Waals surface area contributed by atoms with Crippen molar-refractivity contribution < 1.29 is 14.0 Å². The molecule has 4 rings (SSSR count). The first-order valence-electron chi connectivity index (χ1n) is 10.2. The van der Waals surface area contributed by atoms with Gasteiger partial charge in [0, 0.05) is 26.1 Å². The fraction of sp³-hybridized carbons (Fsp3) is 0.250. The van der Waals surface area contributed by atoms with Gasteiger partial charge in [-0.05, 0) is 35.2 Å². The number of furan rings is 1. The van der Waals surface area contributed by atoms with Gasteiger partial charge in [-0.25, -0.2) is 4.79 Å². The van der Waals surface area contributed by atoms with Crippen LogP contribution < -0.4 is 10.6 Å². The maximum Gasteiger partial charge on any atom is 0.315 e. The van der Waals surface area contributed by atoms with Gasteiger partial charge in [-0.15, -0.1) is 0 Å². The minimum absolute atomic E-state index is 0.211. The van der Waals surface area contributed by atoms with E-state index in [4.69, 9.17) is 4.42 Å². The number of urea groups is 1. The summed E-state index contributed by atoms with van der Waals surface area (Å²) in [5, 5.41) is 5.91. The number of carbonyl (C=O) groups excluding carboxylic acids is 2. The summed E-state index contributed by atoms with van der Waals surface area (Å²) in [6.45, 7) is 1.83. The maximum absolute atomic E-state index is 12.6. The number of nitrogens with zero attached hydrogens (tertiary/aromatic N) is 1. The Labute approximate surface area is 175 Å². The first kappa shape index (κ1) is 19.8. The molecule has 1 fully saturated rings. The predicted octanol–water partition coefficient (Wildman–Crippen LogP) is 3.99. The lowest BCUT2D eigenvalue weighted by Gasteiger charge is -2.18. The van der Waals surface area contributed by atoms with E-state index in [0.717, 1.165) is 29.7 Å². The van der Waals surface area contributed by atoms with E-state index in [0.29, 0.717) is 25.3 Å². The number of carbonyl (C=O) groups is 2. The molecular weight excluding hydrogens is 378 g/mol. The smallest absolute Gasteiger partial charge is 0.315 e. The van der Waals surface area contributed by atoms with Gasteiger partial charge in [0.15, 0.2) is 0 Å². The molecule has 1 aromatic heterocycles. The van der Waals surface area contributed by atoms with Crippen molar-refractivity contribution in [3.05, 3.63) is 95.4 Å². The first-order valence-corrected chi connectivity index (χ1v) is 10.2. The summed E-state index contributed by atoms with van der Waals surface area (Å²) in [7, 11) is 0. The van der Waals surface area contributed by atoms with Gasteiger partial charge in [0.1, 0.15) is 11.8 Å². The van der Waals surface area contributed by atoms with E-state index in [1.807, 2.05) is 71.6 Å². The third-order valence-electron chi connectivity index (χ3n) is 5.23. The lowest BCUT2D eigenvalue weighted by molar-refractivity contribution is -0.128. The van der Waals surface area contributed by atoms with Gasteiger partial charge < -0.3 is 20.0 Å². The number of likely N-dealkylation sites (tertiary alicyclic amines) is 1. The molecule has 3 aromatic rings. The number of nitrogens with one attached hydrogen (secondary N) is 2. The monoisotopic (exact) mass is 403 g/mol. The van der Waals surface area contributed by atoms with E-state index < -0.39 is 0 Å². The second-order valence-electron chi connectivity index (χ2n) is 7.42. The molecule has 30 heavy (non-hydrogen) atoms. The molecule has 2 heterocycles. The van der Waals surface area contributed by atoms with Gasteiger partial charge in [-0.1, -0.05) is 54.6 Å². The quantitative estimate of drug-likeness (QED) is 0.626. The summed E-state index contributed by atoms with van der Waals surface area (Å²) >= 11 is 0. The molecule has 154 valence electrons. The molecule has 0 bridgehead atoms. The molecule has 0 aliphatic carbocycles. The Kier molecular flexibility index (Phi) is 6.13. The largest absolute Gasteiger partial charge is 0.467 e. The van der Waals surface area contributed by atoms with Crippen LogP contribution in [0.15, 0.2) is 77.4 Å². The van der Waals surface area contributed by atoms with E-state index in [2.05, 4.69) is 10.6 Å². The molecule has 0 saturated carbocycles. The Balaban J connectivity index is 1.37. The molecule has 1 unspecified atom stereocenters. The zero-order valence-corrected chi connectivity index (χ0v) is 16.7. The Hall–Kier alpha value is -3.54. The molecule has 1 aliphatic rings. The average Bonchev–Trinajstić information content (AvgIpc) is 3.44. The minimum atomic E-state index is -0.367. The highest BCUT2D eigenvalue weighted by Crippen LogP contribution is 2.22. The van der Waals surface area contributed by atoms with E-state index in [1.54, 1.807) is 6.26 Å². The van der Waals surface area contributed by atoms with E-state index in [-0.39, 0.29) is 18.0 Å². The third-order valence-corrected chi connectivity index (χ3v) is 5.23.